The molecule has 0 amide bonds. The standard InChI is InChI=1S/C10H13BrO/c1-3-8-4-5-9(7(2)12)6-10(8)11/h4-7,12H,3H2,1-2H3. The van der Waals surface area contributed by atoms with Gasteiger partial charge in [0.1, 0.15) is 0 Å². The molecule has 1 N–H and O–H groups in total. The fraction of sp³-hybridized carbons (Fsp3) is 0.400. The Kier molecular flexibility index (Phi) is 3.29. The van der Waals surface area contributed by atoms with Crippen molar-refractivity contribution in [2.75, 3.05) is 0 Å². The maximum absolute atomic E-state index is 9.29. The normalized spacial score (nSPS) is 13.0. The highest BCUT2D eigenvalue weighted by molar-refractivity contribution is 9.10. The van der Waals surface area contributed by atoms with Crippen LogP contribution in [0.25, 0.3) is 0 Å². The number of aliphatic hydroxyl groups excluding tert-OH is 1. The summed E-state index contributed by atoms with van der Waals surface area (Å²) in [6.45, 7) is 3.88. The summed E-state index contributed by atoms with van der Waals surface area (Å²) in [5.74, 6) is 0. The van der Waals surface area contributed by atoms with E-state index in [0.717, 1.165) is 16.5 Å². The molecule has 1 aromatic rings. The van der Waals surface area contributed by atoms with E-state index in [0.29, 0.717) is 0 Å². The van der Waals surface area contributed by atoms with E-state index in [1.807, 2.05) is 18.2 Å². The minimum Gasteiger partial charge on any atom is -0.389 e. The Morgan fingerprint density at radius 3 is 2.58 bits per heavy atom. The van der Waals surface area contributed by atoms with Gasteiger partial charge in [-0.05, 0) is 30.5 Å². The van der Waals surface area contributed by atoms with Crippen molar-refractivity contribution in [1.29, 1.82) is 0 Å². The molecule has 1 aromatic carbocycles. The van der Waals surface area contributed by atoms with E-state index < -0.39 is 0 Å². The van der Waals surface area contributed by atoms with Gasteiger partial charge in [0.05, 0.1) is 6.10 Å². The molecule has 0 bridgehead atoms. The molecule has 2 heteroatoms. The van der Waals surface area contributed by atoms with Crippen molar-refractivity contribution in [2.45, 2.75) is 26.4 Å². The second-order valence-electron chi connectivity index (χ2n) is 2.88. The summed E-state index contributed by atoms with van der Waals surface area (Å²) in [7, 11) is 0. The zero-order valence-corrected chi connectivity index (χ0v) is 8.93. The van der Waals surface area contributed by atoms with Crippen LogP contribution in [0.3, 0.4) is 0 Å². The first-order chi connectivity index (χ1) is 5.65. The maximum atomic E-state index is 9.29. The average molecular weight is 229 g/mol. The summed E-state index contributed by atoms with van der Waals surface area (Å²) < 4.78 is 1.09. The van der Waals surface area contributed by atoms with Crippen LogP contribution in [0.5, 0.6) is 0 Å². The molecule has 1 atom stereocenters. The van der Waals surface area contributed by atoms with E-state index in [4.69, 9.17) is 0 Å². The van der Waals surface area contributed by atoms with Crippen LogP contribution in [0.4, 0.5) is 0 Å². The predicted molar refractivity (Wildman–Crippen MR) is 54.2 cm³/mol. The minimum atomic E-state index is -0.382. The summed E-state index contributed by atoms with van der Waals surface area (Å²) >= 11 is 3.46. The zero-order valence-electron chi connectivity index (χ0n) is 7.34. The molecule has 0 spiro atoms. The quantitative estimate of drug-likeness (QED) is 0.826. The van der Waals surface area contributed by atoms with Crippen molar-refractivity contribution in [3.63, 3.8) is 0 Å². The highest BCUT2D eigenvalue weighted by Crippen LogP contribution is 2.22. The summed E-state index contributed by atoms with van der Waals surface area (Å²) in [6.07, 6.45) is 0.632. The molecule has 1 rings (SSSR count). The predicted octanol–water partition coefficient (Wildman–Crippen LogP) is 3.06. The lowest BCUT2D eigenvalue weighted by molar-refractivity contribution is 0.199. The summed E-state index contributed by atoms with van der Waals surface area (Å²) in [5, 5.41) is 9.29. The highest BCUT2D eigenvalue weighted by Gasteiger charge is 2.03. The number of hydrogen-bond acceptors (Lipinski definition) is 1. The molecule has 1 unspecified atom stereocenters. The van der Waals surface area contributed by atoms with Crippen molar-refractivity contribution >= 4 is 15.9 Å². The van der Waals surface area contributed by atoms with Crippen LogP contribution >= 0.6 is 15.9 Å². The Labute approximate surface area is 81.6 Å². The summed E-state index contributed by atoms with van der Waals surface area (Å²) in [4.78, 5) is 0. The third-order valence-corrected chi connectivity index (χ3v) is 2.68. The maximum Gasteiger partial charge on any atom is 0.0762 e. The Morgan fingerprint density at radius 2 is 2.17 bits per heavy atom. The van der Waals surface area contributed by atoms with Gasteiger partial charge in [-0.1, -0.05) is 35.0 Å². The van der Waals surface area contributed by atoms with Gasteiger partial charge in [-0.3, -0.25) is 0 Å². The lowest BCUT2D eigenvalue weighted by atomic mass is 10.1. The van der Waals surface area contributed by atoms with Gasteiger partial charge in [-0.25, -0.2) is 0 Å². The first kappa shape index (κ1) is 9.75. The molecule has 0 aromatic heterocycles. The van der Waals surface area contributed by atoms with E-state index in [2.05, 4.69) is 22.9 Å². The van der Waals surface area contributed by atoms with Crippen molar-refractivity contribution in [3.05, 3.63) is 33.8 Å². The van der Waals surface area contributed by atoms with E-state index in [1.54, 1.807) is 6.92 Å². The molecule has 0 heterocycles. The SMILES string of the molecule is CCc1ccc(C(C)O)cc1Br. The molecule has 0 saturated carbocycles. The van der Waals surface area contributed by atoms with Crippen LogP contribution in [0, 0.1) is 0 Å². The summed E-state index contributed by atoms with van der Waals surface area (Å²) in [5.41, 5.74) is 2.23. The van der Waals surface area contributed by atoms with Crippen LogP contribution in [-0.4, -0.2) is 5.11 Å². The number of benzene rings is 1. The Balaban J connectivity index is 3.02. The molecule has 66 valence electrons. The molecule has 0 radical (unpaired) electrons. The van der Waals surface area contributed by atoms with Crippen LogP contribution in [0.1, 0.15) is 31.1 Å². The van der Waals surface area contributed by atoms with E-state index in [-0.39, 0.29) is 6.10 Å². The van der Waals surface area contributed by atoms with Gasteiger partial charge in [0.15, 0.2) is 0 Å². The van der Waals surface area contributed by atoms with E-state index in [1.165, 1.54) is 5.56 Å². The number of aliphatic hydroxyl groups is 1. The van der Waals surface area contributed by atoms with Gasteiger partial charge < -0.3 is 5.11 Å². The third-order valence-electron chi connectivity index (χ3n) is 1.94. The fourth-order valence-electron chi connectivity index (χ4n) is 1.11. The number of aryl methyl sites for hydroxylation is 1. The molecule has 0 aliphatic rings. The van der Waals surface area contributed by atoms with Gasteiger partial charge in [-0.15, -0.1) is 0 Å². The van der Waals surface area contributed by atoms with Crippen LogP contribution < -0.4 is 0 Å². The van der Waals surface area contributed by atoms with E-state index >= 15 is 0 Å². The van der Waals surface area contributed by atoms with Gasteiger partial charge in [-0.2, -0.15) is 0 Å². The molecular weight excluding hydrogens is 216 g/mol. The van der Waals surface area contributed by atoms with Gasteiger partial charge in [0.2, 0.25) is 0 Å². The summed E-state index contributed by atoms with van der Waals surface area (Å²) in [6, 6.07) is 5.99. The van der Waals surface area contributed by atoms with Crippen molar-refractivity contribution in [3.8, 4) is 0 Å². The van der Waals surface area contributed by atoms with Gasteiger partial charge >= 0.3 is 0 Å². The Bertz CT molecular complexity index is 269. The van der Waals surface area contributed by atoms with Crippen LogP contribution in [-0.2, 0) is 6.42 Å². The van der Waals surface area contributed by atoms with Crippen molar-refractivity contribution in [1.82, 2.24) is 0 Å². The first-order valence-electron chi connectivity index (χ1n) is 4.11. The fourth-order valence-corrected chi connectivity index (χ4v) is 1.79. The molecular formula is C10H13BrO. The number of halogens is 1. The number of hydrogen-bond donors (Lipinski definition) is 1. The lowest BCUT2D eigenvalue weighted by Gasteiger charge is -2.07. The van der Waals surface area contributed by atoms with Crippen molar-refractivity contribution < 1.29 is 5.11 Å². The zero-order chi connectivity index (χ0) is 9.14. The van der Waals surface area contributed by atoms with E-state index in [9.17, 15) is 5.11 Å². The Morgan fingerprint density at radius 1 is 1.50 bits per heavy atom. The number of rotatable bonds is 2. The third kappa shape index (κ3) is 2.08. The highest BCUT2D eigenvalue weighted by atomic mass is 79.9. The lowest BCUT2D eigenvalue weighted by Crippen LogP contribution is -1.92. The average Bonchev–Trinajstić information content (AvgIpc) is 2.04. The largest absolute Gasteiger partial charge is 0.389 e. The van der Waals surface area contributed by atoms with Crippen molar-refractivity contribution in [2.24, 2.45) is 0 Å². The molecule has 12 heavy (non-hydrogen) atoms. The molecule has 0 aliphatic carbocycles. The molecule has 1 nitrogen and oxygen atoms in total. The van der Waals surface area contributed by atoms with Crippen LogP contribution in [0.2, 0.25) is 0 Å². The first-order valence-corrected chi connectivity index (χ1v) is 4.90. The molecule has 0 aliphatic heterocycles. The second kappa shape index (κ2) is 4.06. The smallest absolute Gasteiger partial charge is 0.0762 e. The monoisotopic (exact) mass is 228 g/mol. The molecule has 0 fully saturated rings. The van der Waals surface area contributed by atoms with Gasteiger partial charge in [0.25, 0.3) is 0 Å². The van der Waals surface area contributed by atoms with Gasteiger partial charge in [0, 0.05) is 4.47 Å². The Hall–Kier alpha value is -0.340. The van der Waals surface area contributed by atoms with Crippen LogP contribution in [0.15, 0.2) is 22.7 Å². The second-order valence-corrected chi connectivity index (χ2v) is 3.73. The molecule has 0 saturated heterocycles. The topological polar surface area (TPSA) is 20.2 Å². The minimum absolute atomic E-state index is 0.382.